The van der Waals surface area contributed by atoms with Crippen molar-refractivity contribution >= 4 is 10.0 Å². The number of nitrogens with zero attached hydrogens (tertiary/aromatic N) is 1. The molecule has 1 aliphatic rings. The lowest BCUT2D eigenvalue weighted by Gasteiger charge is -2.21. The monoisotopic (exact) mass is 272 g/mol. The third-order valence-electron chi connectivity index (χ3n) is 2.97. The van der Waals surface area contributed by atoms with Gasteiger partial charge >= 0.3 is 0 Å². The molecule has 0 radical (unpaired) electrons. The zero-order valence-corrected chi connectivity index (χ0v) is 10.9. The minimum atomic E-state index is -3.38. The van der Waals surface area contributed by atoms with E-state index in [9.17, 15) is 12.8 Å². The van der Waals surface area contributed by atoms with Gasteiger partial charge in [0.2, 0.25) is 10.0 Å². The summed E-state index contributed by atoms with van der Waals surface area (Å²) in [7, 11) is -3.38. The summed E-state index contributed by atoms with van der Waals surface area (Å²) in [5, 5.41) is 0. The maximum Gasteiger partial charge on any atom is 0.215 e. The molecule has 4 nitrogen and oxygen atoms in total. The first-order chi connectivity index (χ1) is 8.54. The number of hydrogen-bond donors (Lipinski definition) is 1. The van der Waals surface area contributed by atoms with Crippen molar-refractivity contribution in [2.45, 2.75) is 25.4 Å². The summed E-state index contributed by atoms with van der Waals surface area (Å²) in [4.78, 5) is 0. The van der Waals surface area contributed by atoms with E-state index in [0.717, 1.165) is 12.8 Å². The highest BCUT2D eigenvalue weighted by Gasteiger charge is 2.36. The first kappa shape index (κ1) is 13.5. The van der Waals surface area contributed by atoms with Gasteiger partial charge in [-0.15, -0.1) is 0 Å². The fraction of sp³-hybridized carbons (Fsp3) is 0.500. The zero-order valence-electron chi connectivity index (χ0n) is 10.0. The van der Waals surface area contributed by atoms with E-state index in [4.69, 9.17) is 5.73 Å². The minimum absolute atomic E-state index is 0.0150. The van der Waals surface area contributed by atoms with E-state index in [2.05, 4.69) is 0 Å². The SMILES string of the molecule is NCCS(=O)(=O)N(Cc1ccccc1F)C1CC1. The average molecular weight is 272 g/mol. The molecule has 100 valence electrons. The van der Waals surface area contributed by atoms with Gasteiger partial charge in [0.15, 0.2) is 0 Å². The van der Waals surface area contributed by atoms with Crippen molar-refractivity contribution < 1.29 is 12.8 Å². The number of sulfonamides is 1. The van der Waals surface area contributed by atoms with Crippen LogP contribution in [-0.2, 0) is 16.6 Å². The van der Waals surface area contributed by atoms with Gasteiger partial charge < -0.3 is 5.73 Å². The fourth-order valence-electron chi connectivity index (χ4n) is 1.88. The summed E-state index contributed by atoms with van der Waals surface area (Å²) >= 11 is 0. The van der Waals surface area contributed by atoms with E-state index in [0.29, 0.717) is 5.56 Å². The van der Waals surface area contributed by atoms with Gasteiger partial charge in [-0.25, -0.2) is 12.8 Å². The highest BCUT2D eigenvalue weighted by atomic mass is 32.2. The largest absolute Gasteiger partial charge is 0.329 e. The van der Waals surface area contributed by atoms with Gasteiger partial charge in [-0.1, -0.05) is 18.2 Å². The van der Waals surface area contributed by atoms with Gasteiger partial charge in [0.25, 0.3) is 0 Å². The highest BCUT2D eigenvalue weighted by molar-refractivity contribution is 7.89. The number of benzene rings is 1. The smallest absolute Gasteiger partial charge is 0.215 e. The molecule has 0 bridgehead atoms. The second-order valence-electron chi connectivity index (χ2n) is 4.47. The van der Waals surface area contributed by atoms with Crippen LogP contribution in [0, 0.1) is 5.82 Å². The Morgan fingerprint density at radius 1 is 1.33 bits per heavy atom. The van der Waals surface area contributed by atoms with Gasteiger partial charge in [0.05, 0.1) is 5.75 Å². The van der Waals surface area contributed by atoms with Gasteiger partial charge in [0.1, 0.15) is 5.82 Å². The summed E-state index contributed by atoms with van der Waals surface area (Å²) in [6.07, 6.45) is 1.69. The second-order valence-corrected chi connectivity index (χ2v) is 6.51. The third kappa shape index (κ3) is 3.07. The first-order valence-corrected chi connectivity index (χ1v) is 7.58. The topological polar surface area (TPSA) is 63.4 Å². The predicted molar refractivity (Wildman–Crippen MR) is 67.8 cm³/mol. The molecule has 1 aromatic rings. The van der Waals surface area contributed by atoms with Crippen LogP contribution in [0.5, 0.6) is 0 Å². The molecule has 0 heterocycles. The molecule has 0 unspecified atom stereocenters. The van der Waals surface area contributed by atoms with Crippen LogP contribution in [0.15, 0.2) is 24.3 Å². The Kier molecular flexibility index (Phi) is 3.99. The highest BCUT2D eigenvalue weighted by Crippen LogP contribution is 2.31. The molecule has 0 spiro atoms. The second kappa shape index (κ2) is 5.34. The summed E-state index contributed by atoms with van der Waals surface area (Å²) in [6.45, 7) is 0.183. The van der Waals surface area contributed by atoms with Gasteiger partial charge in [0, 0.05) is 24.7 Å². The Bertz CT molecular complexity index is 515. The number of nitrogens with two attached hydrogens (primary N) is 1. The van der Waals surface area contributed by atoms with E-state index in [-0.39, 0.29) is 30.7 Å². The third-order valence-corrected chi connectivity index (χ3v) is 4.86. The van der Waals surface area contributed by atoms with Crippen molar-refractivity contribution in [3.05, 3.63) is 35.6 Å². The lowest BCUT2D eigenvalue weighted by atomic mass is 10.2. The molecule has 1 saturated carbocycles. The van der Waals surface area contributed by atoms with E-state index < -0.39 is 10.0 Å². The Morgan fingerprint density at radius 3 is 2.56 bits per heavy atom. The molecule has 0 aliphatic heterocycles. The van der Waals surface area contributed by atoms with Crippen molar-refractivity contribution in [1.29, 1.82) is 0 Å². The van der Waals surface area contributed by atoms with Crippen molar-refractivity contribution in [3.63, 3.8) is 0 Å². The van der Waals surface area contributed by atoms with Gasteiger partial charge in [-0.05, 0) is 18.9 Å². The van der Waals surface area contributed by atoms with Crippen LogP contribution in [0.3, 0.4) is 0 Å². The van der Waals surface area contributed by atoms with Crippen molar-refractivity contribution in [3.8, 4) is 0 Å². The Balaban J connectivity index is 2.20. The molecule has 0 saturated heterocycles. The molecule has 0 amide bonds. The molecular weight excluding hydrogens is 255 g/mol. The summed E-state index contributed by atoms with van der Waals surface area (Å²) in [6, 6.07) is 6.27. The molecule has 1 aliphatic carbocycles. The summed E-state index contributed by atoms with van der Waals surface area (Å²) in [5.41, 5.74) is 5.72. The van der Waals surface area contributed by atoms with E-state index in [1.165, 1.54) is 10.4 Å². The summed E-state index contributed by atoms with van der Waals surface area (Å²) in [5.74, 6) is -0.455. The molecular formula is C12H17FN2O2S. The van der Waals surface area contributed by atoms with Crippen LogP contribution >= 0.6 is 0 Å². The molecule has 1 aromatic carbocycles. The normalized spacial score (nSPS) is 16.2. The molecule has 6 heteroatoms. The Labute approximate surface area is 107 Å². The molecule has 2 N–H and O–H groups in total. The maximum absolute atomic E-state index is 13.6. The lowest BCUT2D eigenvalue weighted by Crippen LogP contribution is -2.36. The van der Waals surface area contributed by atoms with Crippen molar-refractivity contribution in [1.82, 2.24) is 4.31 Å². The molecule has 18 heavy (non-hydrogen) atoms. The first-order valence-electron chi connectivity index (χ1n) is 5.97. The van der Waals surface area contributed by atoms with Crippen LogP contribution in [0.2, 0.25) is 0 Å². The van der Waals surface area contributed by atoms with Crippen LogP contribution < -0.4 is 5.73 Å². The van der Waals surface area contributed by atoms with Crippen LogP contribution in [0.25, 0.3) is 0 Å². The molecule has 1 fully saturated rings. The lowest BCUT2D eigenvalue weighted by molar-refractivity contribution is 0.392. The Hall–Kier alpha value is -0.980. The predicted octanol–water partition coefficient (Wildman–Crippen LogP) is 1.08. The van der Waals surface area contributed by atoms with Crippen LogP contribution in [-0.4, -0.2) is 31.1 Å². The van der Waals surface area contributed by atoms with E-state index >= 15 is 0 Å². The quantitative estimate of drug-likeness (QED) is 0.843. The molecule has 0 aromatic heterocycles. The number of hydrogen-bond acceptors (Lipinski definition) is 3. The molecule has 0 atom stereocenters. The zero-order chi connectivity index (χ0) is 13.2. The fourth-order valence-corrected chi connectivity index (χ4v) is 3.41. The van der Waals surface area contributed by atoms with E-state index in [1.807, 2.05) is 0 Å². The van der Waals surface area contributed by atoms with Crippen molar-refractivity contribution in [2.75, 3.05) is 12.3 Å². The van der Waals surface area contributed by atoms with Crippen LogP contribution in [0.4, 0.5) is 4.39 Å². The Morgan fingerprint density at radius 2 is 2.00 bits per heavy atom. The van der Waals surface area contributed by atoms with Gasteiger partial charge in [-0.3, -0.25) is 0 Å². The minimum Gasteiger partial charge on any atom is -0.329 e. The van der Waals surface area contributed by atoms with Gasteiger partial charge in [-0.2, -0.15) is 4.31 Å². The number of rotatable bonds is 6. The summed E-state index contributed by atoms with van der Waals surface area (Å²) < 4.78 is 39.1. The van der Waals surface area contributed by atoms with Crippen LogP contribution in [0.1, 0.15) is 18.4 Å². The maximum atomic E-state index is 13.6. The molecule has 2 rings (SSSR count). The average Bonchev–Trinajstić information content (AvgIpc) is 3.11. The van der Waals surface area contributed by atoms with Crippen molar-refractivity contribution in [2.24, 2.45) is 5.73 Å². The standard InChI is InChI=1S/C12H17FN2O2S/c13-12-4-2-1-3-10(12)9-15(11-5-6-11)18(16,17)8-7-14/h1-4,11H,5-9,14H2. The number of halogens is 1. The van der Waals surface area contributed by atoms with E-state index in [1.54, 1.807) is 18.2 Å².